The Morgan fingerprint density at radius 1 is 1.12 bits per heavy atom. The third-order valence-electron chi connectivity index (χ3n) is 3.98. The summed E-state index contributed by atoms with van der Waals surface area (Å²) in [7, 11) is 0. The first kappa shape index (κ1) is 15.2. The van der Waals surface area contributed by atoms with Crippen molar-refractivity contribution in [1.29, 1.82) is 0 Å². The van der Waals surface area contributed by atoms with E-state index in [1.807, 2.05) is 0 Å². The van der Waals surface area contributed by atoms with Gasteiger partial charge in [0.1, 0.15) is 5.82 Å². The van der Waals surface area contributed by atoms with E-state index in [0.717, 1.165) is 5.56 Å². The summed E-state index contributed by atoms with van der Waals surface area (Å²) in [6, 6.07) is 9.28. The molecule has 0 fully saturated rings. The molecular weight excluding hydrogens is 327 g/mol. The molecule has 0 saturated carbocycles. The summed E-state index contributed by atoms with van der Waals surface area (Å²) < 4.78 is 23.7. The fraction of sp³-hybridized carbons (Fsp3) is 0.111. The molecule has 7 heteroatoms. The number of ether oxygens (including phenoxy) is 2. The number of amides is 1. The summed E-state index contributed by atoms with van der Waals surface area (Å²) in [6.45, 7) is 0.350. The van der Waals surface area contributed by atoms with Crippen LogP contribution in [0.2, 0.25) is 0 Å². The fourth-order valence-corrected chi connectivity index (χ4v) is 2.72. The van der Waals surface area contributed by atoms with E-state index in [0.29, 0.717) is 22.4 Å². The van der Waals surface area contributed by atoms with Gasteiger partial charge in [-0.05, 0) is 35.9 Å². The Bertz CT molecular complexity index is 996. The van der Waals surface area contributed by atoms with Crippen molar-refractivity contribution in [2.45, 2.75) is 6.54 Å². The van der Waals surface area contributed by atoms with Gasteiger partial charge in [0.2, 0.25) is 6.79 Å². The van der Waals surface area contributed by atoms with Crippen molar-refractivity contribution in [3.8, 4) is 11.5 Å². The van der Waals surface area contributed by atoms with E-state index < -0.39 is 17.5 Å². The molecule has 0 aliphatic carbocycles. The summed E-state index contributed by atoms with van der Waals surface area (Å²) in [5.41, 5.74) is 1.46. The summed E-state index contributed by atoms with van der Waals surface area (Å²) in [6.07, 6.45) is 1.41. The van der Waals surface area contributed by atoms with E-state index in [1.165, 1.54) is 24.4 Å². The van der Waals surface area contributed by atoms with Crippen LogP contribution in [0.1, 0.15) is 15.9 Å². The van der Waals surface area contributed by atoms with Gasteiger partial charge in [0.25, 0.3) is 11.7 Å². The fourth-order valence-electron chi connectivity index (χ4n) is 2.72. The van der Waals surface area contributed by atoms with Crippen LogP contribution in [0.4, 0.5) is 4.39 Å². The van der Waals surface area contributed by atoms with Crippen LogP contribution in [-0.2, 0) is 11.3 Å². The average Bonchev–Trinajstić information content (AvgIpc) is 3.24. The SMILES string of the molecule is O=C(NCc1ccc2c(c1)OCO2)C(=O)c1c[nH]c2cc(F)ccc12. The van der Waals surface area contributed by atoms with E-state index in [2.05, 4.69) is 10.3 Å². The number of benzene rings is 2. The quantitative estimate of drug-likeness (QED) is 0.565. The van der Waals surface area contributed by atoms with Gasteiger partial charge in [0.05, 0.1) is 5.56 Å². The molecule has 0 saturated heterocycles. The van der Waals surface area contributed by atoms with Crippen LogP contribution in [0.5, 0.6) is 11.5 Å². The Balaban J connectivity index is 1.47. The van der Waals surface area contributed by atoms with Crippen molar-refractivity contribution < 1.29 is 23.5 Å². The van der Waals surface area contributed by atoms with Crippen LogP contribution < -0.4 is 14.8 Å². The smallest absolute Gasteiger partial charge is 0.292 e. The molecule has 3 aromatic rings. The van der Waals surface area contributed by atoms with Crippen LogP contribution in [0, 0.1) is 5.82 Å². The van der Waals surface area contributed by atoms with Crippen LogP contribution in [0.3, 0.4) is 0 Å². The number of halogens is 1. The van der Waals surface area contributed by atoms with Crippen LogP contribution >= 0.6 is 0 Å². The maximum absolute atomic E-state index is 13.2. The average molecular weight is 340 g/mol. The van der Waals surface area contributed by atoms with Crippen molar-refractivity contribution in [3.63, 3.8) is 0 Å². The zero-order valence-electron chi connectivity index (χ0n) is 13.0. The molecule has 1 aliphatic heterocycles. The van der Waals surface area contributed by atoms with Gasteiger partial charge in [-0.2, -0.15) is 0 Å². The number of rotatable bonds is 4. The highest BCUT2D eigenvalue weighted by atomic mass is 19.1. The number of carbonyl (C=O) groups is 2. The summed E-state index contributed by atoms with van der Waals surface area (Å²) in [5, 5.41) is 3.09. The Hall–Kier alpha value is -3.35. The number of carbonyl (C=O) groups excluding carboxylic acids is 2. The second-order valence-electron chi connectivity index (χ2n) is 5.59. The maximum Gasteiger partial charge on any atom is 0.292 e. The first-order chi connectivity index (χ1) is 12.1. The second-order valence-corrected chi connectivity index (χ2v) is 5.59. The van der Waals surface area contributed by atoms with E-state index in [-0.39, 0.29) is 18.9 Å². The summed E-state index contributed by atoms with van der Waals surface area (Å²) >= 11 is 0. The summed E-state index contributed by atoms with van der Waals surface area (Å²) in [4.78, 5) is 27.3. The Labute approximate surface area is 141 Å². The predicted molar refractivity (Wildman–Crippen MR) is 87.0 cm³/mol. The first-order valence-corrected chi connectivity index (χ1v) is 7.59. The number of aromatic nitrogens is 1. The Kier molecular flexibility index (Phi) is 3.61. The van der Waals surface area contributed by atoms with Gasteiger partial charge in [-0.3, -0.25) is 9.59 Å². The van der Waals surface area contributed by atoms with E-state index in [1.54, 1.807) is 18.2 Å². The van der Waals surface area contributed by atoms with Gasteiger partial charge >= 0.3 is 0 Å². The lowest BCUT2D eigenvalue weighted by atomic mass is 10.1. The Morgan fingerprint density at radius 2 is 1.96 bits per heavy atom. The number of hydrogen-bond donors (Lipinski definition) is 2. The van der Waals surface area contributed by atoms with Gasteiger partial charge in [-0.1, -0.05) is 6.07 Å². The largest absolute Gasteiger partial charge is 0.454 e. The van der Waals surface area contributed by atoms with Gasteiger partial charge in [0.15, 0.2) is 11.5 Å². The maximum atomic E-state index is 13.2. The normalized spacial score (nSPS) is 12.4. The number of H-pyrrole nitrogens is 1. The lowest BCUT2D eigenvalue weighted by Gasteiger charge is -2.05. The van der Waals surface area contributed by atoms with Crippen LogP contribution in [-0.4, -0.2) is 23.5 Å². The molecule has 6 nitrogen and oxygen atoms in total. The first-order valence-electron chi connectivity index (χ1n) is 7.59. The zero-order chi connectivity index (χ0) is 17.4. The molecule has 2 N–H and O–H groups in total. The van der Waals surface area contributed by atoms with E-state index in [4.69, 9.17) is 9.47 Å². The van der Waals surface area contributed by atoms with Crippen molar-refractivity contribution >= 4 is 22.6 Å². The monoisotopic (exact) mass is 340 g/mol. The third-order valence-corrected chi connectivity index (χ3v) is 3.98. The standard InChI is InChI=1S/C18H13FN2O4/c19-11-2-3-12-13(8-20-14(12)6-11)17(22)18(23)21-7-10-1-4-15-16(5-10)25-9-24-15/h1-6,8,20H,7,9H2,(H,21,23). The van der Waals surface area contributed by atoms with Crippen molar-refractivity contribution in [1.82, 2.24) is 10.3 Å². The molecule has 1 amide bonds. The molecule has 0 radical (unpaired) electrons. The summed E-state index contributed by atoms with van der Waals surface area (Å²) in [5.74, 6) is -0.573. The molecule has 0 unspecified atom stereocenters. The molecule has 1 aromatic heterocycles. The number of fused-ring (bicyclic) bond motifs is 2. The number of hydrogen-bond acceptors (Lipinski definition) is 4. The number of ketones is 1. The molecule has 0 spiro atoms. The molecule has 126 valence electrons. The van der Waals surface area contributed by atoms with Crippen molar-refractivity contribution in [2.24, 2.45) is 0 Å². The molecule has 1 aliphatic rings. The zero-order valence-corrected chi connectivity index (χ0v) is 13.0. The highest BCUT2D eigenvalue weighted by Gasteiger charge is 2.20. The van der Waals surface area contributed by atoms with E-state index >= 15 is 0 Å². The molecule has 2 aromatic carbocycles. The predicted octanol–water partition coefficient (Wildman–Crippen LogP) is 2.53. The number of nitrogens with one attached hydrogen (secondary N) is 2. The van der Waals surface area contributed by atoms with Gasteiger partial charge in [-0.25, -0.2) is 4.39 Å². The topological polar surface area (TPSA) is 80.4 Å². The lowest BCUT2D eigenvalue weighted by molar-refractivity contribution is -0.117. The molecule has 25 heavy (non-hydrogen) atoms. The molecule has 4 rings (SSSR count). The number of Topliss-reactive ketones (excluding diaryl/α,β-unsaturated/α-hetero) is 1. The second kappa shape index (κ2) is 5.94. The van der Waals surface area contributed by atoms with Crippen LogP contribution in [0.15, 0.2) is 42.6 Å². The molecule has 0 bridgehead atoms. The minimum atomic E-state index is -0.733. The highest BCUT2D eigenvalue weighted by molar-refractivity contribution is 6.44. The van der Waals surface area contributed by atoms with E-state index in [9.17, 15) is 14.0 Å². The molecule has 0 atom stereocenters. The molecule has 2 heterocycles. The highest BCUT2D eigenvalue weighted by Crippen LogP contribution is 2.32. The van der Waals surface area contributed by atoms with Crippen LogP contribution in [0.25, 0.3) is 10.9 Å². The van der Waals surface area contributed by atoms with Gasteiger partial charge in [0, 0.05) is 23.6 Å². The molecular formula is C18H13FN2O4. The minimum absolute atomic E-state index is 0.171. The third kappa shape index (κ3) is 2.80. The van der Waals surface area contributed by atoms with Crippen molar-refractivity contribution in [3.05, 3.63) is 59.5 Å². The minimum Gasteiger partial charge on any atom is -0.454 e. The number of aromatic amines is 1. The Morgan fingerprint density at radius 3 is 2.84 bits per heavy atom. The van der Waals surface area contributed by atoms with Crippen molar-refractivity contribution in [2.75, 3.05) is 6.79 Å². The van der Waals surface area contributed by atoms with Gasteiger partial charge in [-0.15, -0.1) is 0 Å². The van der Waals surface area contributed by atoms with Gasteiger partial charge < -0.3 is 19.8 Å². The lowest BCUT2D eigenvalue weighted by Crippen LogP contribution is -2.30.